The van der Waals surface area contributed by atoms with Crippen LogP contribution >= 0.6 is 0 Å². The van der Waals surface area contributed by atoms with Crippen molar-refractivity contribution >= 4 is 56.7 Å². The van der Waals surface area contributed by atoms with E-state index in [0.29, 0.717) is 64.5 Å². The summed E-state index contributed by atoms with van der Waals surface area (Å²) in [6.45, 7) is 17.8. The first-order valence-electron chi connectivity index (χ1n) is 20.3. The van der Waals surface area contributed by atoms with Gasteiger partial charge in [-0.25, -0.2) is 9.98 Å². The maximum Gasteiger partial charge on any atom is 0.316 e. The summed E-state index contributed by atoms with van der Waals surface area (Å²) >= 11 is -4.10. The zero-order chi connectivity index (χ0) is 45.7. The summed E-state index contributed by atoms with van der Waals surface area (Å²) in [5.74, 6) is 2.18. The highest BCUT2D eigenvalue weighted by Crippen LogP contribution is 2.40. The Morgan fingerprint density at radius 3 is 1.95 bits per heavy atom. The van der Waals surface area contributed by atoms with E-state index in [1.807, 2.05) is 54.4 Å². The van der Waals surface area contributed by atoms with E-state index in [-0.39, 0.29) is 22.0 Å². The molecule has 0 radical (unpaired) electrons. The van der Waals surface area contributed by atoms with E-state index in [1.165, 1.54) is 25.1 Å². The second-order valence-electron chi connectivity index (χ2n) is 17.9. The van der Waals surface area contributed by atoms with Crippen LogP contribution in [0.1, 0.15) is 79.6 Å². The molecule has 0 saturated heterocycles. The Kier molecular flexibility index (Phi) is 14.0. The fraction of sp³-hybridized carbons (Fsp3) is 0.370. The van der Waals surface area contributed by atoms with E-state index in [0.717, 1.165) is 29.1 Å². The van der Waals surface area contributed by atoms with E-state index >= 15 is 0 Å². The van der Waals surface area contributed by atoms with Gasteiger partial charge in [0.05, 0.1) is 43.8 Å². The minimum Gasteiger partial charge on any atom is -0.493 e. The minimum absolute atomic E-state index is 0.0933. The van der Waals surface area contributed by atoms with Crippen molar-refractivity contribution in [3.8, 4) is 40.5 Å². The second-order valence-corrected chi connectivity index (χ2v) is 19.6. The molecule has 1 aliphatic heterocycles. The van der Waals surface area contributed by atoms with Crippen LogP contribution < -0.4 is 32.2 Å². The average Bonchev–Trinajstić information content (AvgIpc) is 3.79. The van der Waals surface area contributed by atoms with Crippen LogP contribution in [0.4, 0.5) is 22.7 Å². The maximum atomic E-state index is 13.3. The van der Waals surface area contributed by atoms with Crippen molar-refractivity contribution in [1.29, 1.82) is 5.26 Å². The number of anilines is 3. The number of rotatable bonds is 17. The van der Waals surface area contributed by atoms with Crippen molar-refractivity contribution in [1.82, 2.24) is 14.9 Å². The van der Waals surface area contributed by atoms with E-state index in [9.17, 15) is 8.42 Å². The first-order valence-corrected chi connectivity index (χ1v) is 22.5. The molecule has 5 aromatic rings. The van der Waals surface area contributed by atoms with Gasteiger partial charge in [-0.05, 0) is 95.6 Å². The maximum absolute atomic E-state index is 13.3. The van der Waals surface area contributed by atoms with Crippen molar-refractivity contribution in [2.75, 3.05) is 42.2 Å². The molecule has 2 unspecified atom stereocenters. The standard InChI is InChI=1S/C46H55N9O6S2/c1-44(2,3)29-46(7,8)31-15-23-36(58-10)38(27-31)60-63(57)53-34-20-24-37(59-11)39(28-34)61-62(56)52-33-16-13-30(14-17-33)42-49-43-40(41(45(4,5)6)50-55(43)51-42)48-32-18-21-35(22-19-32)54(9)26-12-25-47/h13-24,27-28,52-53H,12,26,29H2,1-11H3. The first-order chi connectivity index (χ1) is 29.8. The molecule has 1 aliphatic rings. The number of hydrogen-bond donors (Lipinski definition) is 2. The lowest BCUT2D eigenvalue weighted by Crippen LogP contribution is -2.27. The molecule has 0 saturated carbocycles. The van der Waals surface area contributed by atoms with Crippen LogP contribution in [0.3, 0.4) is 0 Å². The smallest absolute Gasteiger partial charge is 0.316 e. The highest BCUT2D eigenvalue weighted by molar-refractivity contribution is 7.82. The summed E-state index contributed by atoms with van der Waals surface area (Å²) in [7, 11) is 4.95. The zero-order valence-electron chi connectivity index (χ0n) is 37.6. The molecule has 17 heteroatoms. The van der Waals surface area contributed by atoms with E-state index in [2.05, 4.69) is 76.0 Å². The molecular formula is C46H55N9O6S2. The summed E-state index contributed by atoms with van der Waals surface area (Å²) < 4.78 is 54.8. The third-order valence-corrected chi connectivity index (χ3v) is 11.4. The Hall–Kier alpha value is -6.25. The normalized spacial score (nSPS) is 14.3. The highest BCUT2D eigenvalue weighted by Gasteiger charge is 2.35. The number of benzene rings is 4. The molecule has 2 N–H and O–H groups in total. The number of methoxy groups -OCH3 is 2. The van der Waals surface area contributed by atoms with Gasteiger partial charge in [0.1, 0.15) is 5.71 Å². The lowest BCUT2D eigenvalue weighted by Gasteiger charge is -2.33. The topological polar surface area (TPSA) is 178 Å². The molecule has 0 bridgehead atoms. The van der Waals surface area contributed by atoms with Crippen LogP contribution in [-0.4, -0.2) is 62.5 Å². The van der Waals surface area contributed by atoms with Crippen molar-refractivity contribution in [2.24, 2.45) is 20.9 Å². The molecule has 0 aliphatic carbocycles. The second kappa shape index (κ2) is 19.0. The number of nitriles is 1. The molecular weight excluding hydrogens is 839 g/mol. The van der Waals surface area contributed by atoms with Gasteiger partial charge in [0.25, 0.3) is 0 Å². The monoisotopic (exact) mass is 893 g/mol. The number of ether oxygens (including phenoxy) is 2. The SMILES string of the molecule is COc1ccc(NS(=O)Oc2cc(C(C)(C)CC(C)(C)C)ccc2OC)cc1OS(=O)Nc1ccc(-c2nc3n(n2)N=C(C(C)(C)C)C3=Nc2ccc(N(C)CCC#N)cc2)cc1. The number of aliphatic imine (C=N–C) groups is 1. The predicted octanol–water partition coefficient (Wildman–Crippen LogP) is 9.55. The van der Waals surface area contributed by atoms with Crippen LogP contribution in [0.5, 0.6) is 23.0 Å². The quantitative estimate of drug-likeness (QED) is 0.0914. The van der Waals surface area contributed by atoms with Gasteiger partial charge >= 0.3 is 22.5 Å². The van der Waals surface area contributed by atoms with Crippen LogP contribution in [0.25, 0.3) is 11.4 Å². The van der Waals surface area contributed by atoms with Crippen LogP contribution in [-0.2, 0) is 27.9 Å². The fourth-order valence-electron chi connectivity index (χ4n) is 7.24. The molecule has 2 heterocycles. The lowest BCUT2D eigenvalue weighted by atomic mass is 9.72. The molecule has 15 nitrogen and oxygen atoms in total. The molecule has 4 aromatic carbocycles. The highest BCUT2D eigenvalue weighted by atomic mass is 32.2. The summed E-state index contributed by atoms with van der Waals surface area (Å²) in [4.78, 5) is 13.3. The van der Waals surface area contributed by atoms with Gasteiger partial charge in [-0.15, -0.1) is 9.89 Å². The molecule has 332 valence electrons. The van der Waals surface area contributed by atoms with Crippen LogP contribution in [0.2, 0.25) is 0 Å². The van der Waals surface area contributed by atoms with Gasteiger partial charge in [0.15, 0.2) is 28.8 Å². The number of fused-ring (bicyclic) bond motifs is 1. The van der Waals surface area contributed by atoms with Crippen molar-refractivity contribution < 1.29 is 26.3 Å². The number of aromatic nitrogens is 3. The molecule has 0 amide bonds. The van der Waals surface area contributed by atoms with Crippen LogP contribution in [0, 0.1) is 22.2 Å². The molecule has 0 fully saturated rings. The summed E-state index contributed by atoms with van der Waals surface area (Å²) in [6.07, 6.45) is 1.36. The zero-order valence-corrected chi connectivity index (χ0v) is 39.2. The minimum atomic E-state index is -2.06. The third kappa shape index (κ3) is 11.6. The summed E-state index contributed by atoms with van der Waals surface area (Å²) in [6, 6.07) is 27.5. The van der Waals surface area contributed by atoms with E-state index in [4.69, 9.17) is 38.2 Å². The molecule has 1 aromatic heterocycles. The Balaban J connectivity index is 1.12. The van der Waals surface area contributed by atoms with Gasteiger partial charge in [-0.1, -0.05) is 61.5 Å². The van der Waals surface area contributed by atoms with Gasteiger partial charge in [-0.2, -0.15) is 18.8 Å². The molecule has 2 atom stereocenters. The predicted molar refractivity (Wildman–Crippen MR) is 252 cm³/mol. The Labute approximate surface area is 375 Å². The summed E-state index contributed by atoms with van der Waals surface area (Å²) in [5, 5.41) is 18.4. The third-order valence-electron chi connectivity index (χ3n) is 9.98. The number of nitrogens with one attached hydrogen (secondary N) is 2. The van der Waals surface area contributed by atoms with Crippen molar-refractivity contribution in [3.63, 3.8) is 0 Å². The lowest BCUT2D eigenvalue weighted by molar-refractivity contribution is 0.283. The van der Waals surface area contributed by atoms with Crippen molar-refractivity contribution in [2.45, 2.75) is 73.6 Å². The van der Waals surface area contributed by atoms with Gasteiger partial charge in [0.2, 0.25) is 5.82 Å². The molecule has 6 rings (SSSR count). The summed E-state index contributed by atoms with van der Waals surface area (Å²) in [5.41, 5.74) is 5.31. The number of nitrogens with zero attached hydrogens (tertiary/aromatic N) is 7. The van der Waals surface area contributed by atoms with Crippen molar-refractivity contribution in [3.05, 3.63) is 96.3 Å². The van der Waals surface area contributed by atoms with Gasteiger partial charge in [-0.3, -0.25) is 9.44 Å². The number of hydrogen-bond acceptors (Lipinski definition) is 12. The Morgan fingerprint density at radius 1 is 0.778 bits per heavy atom. The molecule has 0 spiro atoms. The Morgan fingerprint density at radius 2 is 1.37 bits per heavy atom. The Bertz CT molecular complexity index is 2590. The molecule has 63 heavy (non-hydrogen) atoms. The van der Waals surface area contributed by atoms with E-state index in [1.54, 1.807) is 36.4 Å². The van der Waals surface area contributed by atoms with E-state index < -0.39 is 22.5 Å². The average molecular weight is 894 g/mol. The largest absolute Gasteiger partial charge is 0.493 e. The van der Waals surface area contributed by atoms with Crippen LogP contribution in [0.15, 0.2) is 95.0 Å². The van der Waals surface area contributed by atoms with Gasteiger partial charge < -0.3 is 22.7 Å². The first kappa shape index (κ1) is 46.3. The van der Waals surface area contributed by atoms with Gasteiger partial charge in [0, 0.05) is 42.0 Å². The fourth-order valence-corrected chi connectivity index (χ4v) is 8.56.